The molecule has 4 heterocycles. The number of morpholine rings is 1. The highest BCUT2D eigenvalue weighted by Gasteiger charge is 2.42. The number of aliphatic hydroxyl groups excluding tert-OH is 2. The standard InChI is InChI=1S/C21H26FN3O8/c1-10-6-24(7-11(2)32-10)17-12(20-29-3-4-30-20)5-13-18(16(17)22)33-23-19(13)25-14(15(27)8-26)9-31-21(25)28/h5,10-11,14-15,20,26-27H,3-4,6-9H2,1-2H3/t10-,11-,14?,15+/m1/s1. The number of benzene rings is 1. The monoisotopic (exact) mass is 467 g/mol. The number of ether oxygens (including phenoxy) is 4. The SMILES string of the molecule is C[C@@H]1CN(c2c(C3OCCO3)cc3c(N4C(=O)OCC4[C@@H](O)CO)noc3c2F)C[C@@H](C)O1. The molecule has 0 spiro atoms. The lowest BCUT2D eigenvalue weighted by molar-refractivity contribution is -0.0445. The van der Waals surface area contributed by atoms with Gasteiger partial charge >= 0.3 is 6.09 Å². The van der Waals surface area contributed by atoms with Gasteiger partial charge in [0.1, 0.15) is 18.8 Å². The zero-order valence-corrected chi connectivity index (χ0v) is 18.3. The number of nitrogens with zero attached hydrogens (tertiary/aromatic N) is 3. The molecule has 2 N–H and O–H groups in total. The molecule has 33 heavy (non-hydrogen) atoms. The van der Waals surface area contributed by atoms with Crippen molar-refractivity contribution in [3.63, 3.8) is 0 Å². The van der Waals surface area contributed by atoms with Gasteiger partial charge in [0, 0.05) is 18.7 Å². The average Bonchev–Trinajstić information content (AvgIpc) is 3.52. The highest BCUT2D eigenvalue weighted by atomic mass is 19.1. The van der Waals surface area contributed by atoms with Crippen LogP contribution in [0, 0.1) is 5.82 Å². The van der Waals surface area contributed by atoms with Gasteiger partial charge in [-0.2, -0.15) is 0 Å². The number of cyclic esters (lactones) is 1. The van der Waals surface area contributed by atoms with E-state index >= 15 is 4.39 Å². The number of anilines is 2. The van der Waals surface area contributed by atoms with Crippen LogP contribution in [0.2, 0.25) is 0 Å². The van der Waals surface area contributed by atoms with Gasteiger partial charge < -0.3 is 38.6 Å². The summed E-state index contributed by atoms with van der Waals surface area (Å²) in [5, 5.41) is 23.7. The van der Waals surface area contributed by atoms with E-state index in [2.05, 4.69) is 5.16 Å². The molecule has 3 aliphatic rings. The summed E-state index contributed by atoms with van der Waals surface area (Å²) in [5.41, 5.74) is 0.565. The Morgan fingerprint density at radius 1 is 1.24 bits per heavy atom. The van der Waals surface area contributed by atoms with Crippen molar-refractivity contribution in [3.05, 3.63) is 17.4 Å². The first-order valence-corrected chi connectivity index (χ1v) is 10.9. The molecular weight excluding hydrogens is 441 g/mol. The van der Waals surface area contributed by atoms with Crippen molar-refractivity contribution in [2.75, 3.05) is 49.3 Å². The van der Waals surface area contributed by atoms with Crippen LogP contribution in [0.5, 0.6) is 0 Å². The fraction of sp³-hybridized carbons (Fsp3) is 0.619. The Labute approximate surface area is 188 Å². The molecule has 4 atom stereocenters. The quantitative estimate of drug-likeness (QED) is 0.664. The number of carbonyl (C=O) groups excluding carboxylic acids is 1. The Hall–Kier alpha value is -2.51. The molecule has 0 aliphatic carbocycles. The van der Waals surface area contributed by atoms with Gasteiger partial charge in [0.15, 0.2) is 17.9 Å². The van der Waals surface area contributed by atoms with E-state index in [0.717, 1.165) is 4.90 Å². The van der Waals surface area contributed by atoms with Crippen LogP contribution in [0.4, 0.5) is 20.7 Å². The van der Waals surface area contributed by atoms with Gasteiger partial charge in [0.2, 0.25) is 5.58 Å². The molecule has 3 aliphatic heterocycles. The second-order valence-electron chi connectivity index (χ2n) is 8.51. The predicted octanol–water partition coefficient (Wildman–Crippen LogP) is 1.30. The topological polar surface area (TPSA) is 127 Å². The van der Waals surface area contributed by atoms with E-state index in [-0.39, 0.29) is 41.3 Å². The van der Waals surface area contributed by atoms with Crippen LogP contribution in [0.25, 0.3) is 11.0 Å². The van der Waals surface area contributed by atoms with Gasteiger partial charge in [-0.1, -0.05) is 5.16 Å². The minimum absolute atomic E-state index is 0.0154. The molecule has 0 bridgehead atoms. The van der Waals surface area contributed by atoms with Crippen molar-refractivity contribution in [2.24, 2.45) is 0 Å². The van der Waals surface area contributed by atoms with E-state index in [9.17, 15) is 15.0 Å². The van der Waals surface area contributed by atoms with Crippen LogP contribution >= 0.6 is 0 Å². The average molecular weight is 467 g/mol. The number of amides is 1. The number of aromatic nitrogens is 1. The molecule has 11 nitrogen and oxygen atoms in total. The Kier molecular flexibility index (Phi) is 5.87. The van der Waals surface area contributed by atoms with Gasteiger partial charge in [-0.25, -0.2) is 14.1 Å². The molecule has 3 saturated heterocycles. The van der Waals surface area contributed by atoms with Crippen molar-refractivity contribution >= 4 is 28.6 Å². The minimum Gasteiger partial charge on any atom is -0.447 e. The Morgan fingerprint density at radius 2 is 1.94 bits per heavy atom. The third-order valence-corrected chi connectivity index (χ3v) is 6.07. The number of fused-ring (bicyclic) bond motifs is 1. The van der Waals surface area contributed by atoms with Crippen LogP contribution in [0.15, 0.2) is 10.6 Å². The first kappa shape index (κ1) is 22.3. The molecule has 0 saturated carbocycles. The van der Waals surface area contributed by atoms with Crippen LogP contribution in [-0.2, 0) is 18.9 Å². The summed E-state index contributed by atoms with van der Waals surface area (Å²) in [6, 6.07) is 0.732. The zero-order valence-electron chi connectivity index (χ0n) is 18.3. The smallest absolute Gasteiger partial charge is 0.416 e. The first-order valence-electron chi connectivity index (χ1n) is 10.9. The summed E-state index contributed by atoms with van der Waals surface area (Å²) in [7, 11) is 0. The van der Waals surface area contributed by atoms with Gasteiger partial charge in [-0.05, 0) is 19.9 Å². The normalized spacial score (nSPS) is 27.5. The molecule has 1 unspecified atom stereocenters. The van der Waals surface area contributed by atoms with E-state index in [0.29, 0.717) is 31.9 Å². The number of carbonyl (C=O) groups is 1. The van der Waals surface area contributed by atoms with Crippen molar-refractivity contribution in [2.45, 2.75) is 44.5 Å². The van der Waals surface area contributed by atoms with Crippen LogP contribution < -0.4 is 9.80 Å². The van der Waals surface area contributed by atoms with Crippen LogP contribution in [0.1, 0.15) is 25.7 Å². The van der Waals surface area contributed by atoms with Crippen LogP contribution in [-0.4, -0.2) is 85.3 Å². The number of rotatable bonds is 5. The highest BCUT2D eigenvalue weighted by molar-refractivity contribution is 6.01. The maximum absolute atomic E-state index is 16.0. The number of aliphatic hydroxyl groups is 2. The zero-order chi connectivity index (χ0) is 23.3. The van der Waals surface area contributed by atoms with Crippen molar-refractivity contribution in [3.8, 4) is 0 Å². The molecule has 5 rings (SSSR count). The lowest BCUT2D eigenvalue weighted by atomic mass is 10.0. The summed E-state index contributed by atoms with van der Waals surface area (Å²) < 4.78 is 43.6. The molecule has 1 amide bonds. The number of halogens is 1. The molecule has 1 aromatic heterocycles. The minimum atomic E-state index is -1.27. The molecular formula is C21H26FN3O8. The predicted molar refractivity (Wildman–Crippen MR) is 112 cm³/mol. The summed E-state index contributed by atoms with van der Waals surface area (Å²) in [6.07, 6.45) is -3.10. The second-order valence-corrected chi connectivity index (χ2v) is 8.51. The second kappa shape index (κ2) is 8.69. The summed E-state index contributed by atoms with van der Waals surface area (Å²) >= 11 is 0. The Balaban J connectivity index is 1.65. The third kappa shape index (κ3) is 3.81. The van der Waals surface area contributed by atoms with E-state index in [1.165, 1.54) is 0 Å². The molecule has 0 radical (unpaired) electrons. The molecule has 180 valence electrons. The summed E-state index contributed by atoms with van der Waals surface area (Å²) in [5.74, 6) is -0.674. The molecule has 2 aromatic rings. The Bertz CT molecular complexity index is 1030. The van der Waals surface area contributed by atoms with Gasteiger partial charge in [0.25, 0.3) is 0 Å². The van der Waals surface area contributed by atoms with Crippen molar-refractivity contribution in [1.82, 2.24) is 5.16 Å². The number of hydrogen-bond acceptors (Lipinski definition) is 10. The fourth-order valence-corrected chi connectivity index (χ4v) is 4.69. The van der Waals surface area contributed by atoms with Crippen molar-refractivity contribution < 1.29 is 42.9 Å². The third-order valence-electron chi connectivity index (χ3n) is 6.07. The van der Waals surface area contributed by atoms with E-state index < -0.39 is 37.0 Å². The lowest BCUT2D eigenvalue weighted by Gasteiger charge is -2.38. The summed E-state index contributed by atoms with van der Waals surface area (Å²) in [6.45, 7) is 4.72. The van der Waals surface area contributed by atoms with E-state index in [1.807, 2.05) is 18.7 Å². The van der Waals surface area contributed by atoms with Crippen molar-refractivity contribution in [1.29, 1.82) is 0 Å². The molecule has 1 aromatic carbocycles. The molecule has 3 fully saturated rings. The van der Waals surface area contributed by atoms with E-state index in [4.69, 9.17) is 23.5 Å². The van der Waals surface area contributed by atoms with Gasteiger partial charge in [-0.3, -0.25) is 0 Å². The van der Waals surface area contributed by atoms with Crippen LogP contribution in [0.3, 0.4) is 0 Å². The van der Waals surface area contributed by atoms with E-state index in [1.54, 1.807) is 6.07 Å². The number of hydrogen-bond donors (Lipinski definition) is 2. The molecule has 12 heteroatoms. The highest BCUT2D eigenvalue weighted by Crippen LogP contribution is 2.42. The largest absolute Gasteiger partial charge is 0.447 e. The summed E-state index contributed by atoms with van der Waals surface area (Å²) in [4.78, 5) is 15.4. The Morgan fingerprint density at radius 3 is 2.61 bits per heavy atom. The fourth-order valence-electron chi connectivity index (χ4n) is 4.69. The van der Waals surface area contributed by atoms with Gasteiger partial charge in [0.05, 0.1) is 43.1 Å². The first-order chi connectivity index (χ1) is 15.9. The maximum Gasteiger partial charge on any atom is 0.416 e. The van der Waals surface area contributed by atoms with Gasteiger partial charge in [-0.15, -0.1) is 0 Å². The lowest BCUT2D eigenvalue weighted by Crippen LogP contribution is -2.46. The maximum atomic E-state index is 16.0.